The van der Waals surface area contributed by atoms with Gasteiger partial charge >= 0.3 is 0 Å². The molecule has 2 fully saturated rings. The number of ether oxygens (including phenoxy) is 2. The Kier molecular flexibility index (Phi) is 4.59. The minimum atomic E-state index is -0.0498. The van der Waals surface area contributed by atoms with Gasteiger partial charge in [-0.3, -0.25) is 0 Å². The van der Waals surface area contributed by atoms with Gasteiger partial charge in [0.15, 0.2) is 0 Å². The summed E-state index contributed by atoms with van der Waals surface area (Å²) < 4.78 is 12.1. The van der Waals surface area contributed by atoms with Crippen LogP contribution in [0.5, 0.6) is 0 Å². The lowest BCUT2D eigenvalue weighted by atomic mass is 9.79. The van der Waals surface area contributed by atoms with E-state index < -0.39 is 0 Å². The van der Waals surface area contributed by atoms with E-state index >= 15 is 0 Å². The van der Waals surface area contributed by atoms with E-state index in [1.807, 2.05) is 0 Å². The van der Waals surface area contributed by atoms with Crippen LogP contribution in [0, 0.1) is 5.92 Å². The summed E-state index contributed by atoms with van der Waals surface area (Å²) in [5.74, 6) is 0.554. The topological polar surface area (TPSA) is 30.5 Å². The first kappa shape index (κ1) is 15.3. The van der Waals surface area contributed by atoms with Crippen molar-refractivity contribution in [2.45, 2.75) is 83.1 Å². The van der Waals surface area contributed by atoms with Crippen molar-refractivity contribution in [2.75, 3.05) is 13.7 Å². The SMILES string of the molecule is CNC(CC1CCCCO1)C1CC(C)(C)OC1(C)C. The molecule has 0 aromatic rings. The highest BCUT2D eigenvalue weighted by Gasteiger charge is 2.48. The summed E-state index contributed by atoms with van der Waals surface area (Å²) >= 11 is 0. The van der Waals surface area contributed by atoms with Gasteiger partial charge in [-0.25, -0.2) is 0 Å². The van der Waals surface area contributed by atoms with E-state index in [0.717, 1.165) is 19.4 Å². The van der Waals surface area contributed by atoms with Gasteiger partial charge in [-0.15, -0.1) is 0 Å². The lowest BCUT2D eigenvalue weighted by molar-refractivity contribution is -0.0801. The summed E-state index contributed by atoms with van der Waals surface area (Å²) in [6.45, 7) is 9.82. The molecule has 0 saturated carbocycles. The molecule has 0 aliphatic carbocycles. The molecular formula is C16H31NO2. The minimum absolute atomic E-state index is 0.00329. The summed E-state index contributed by atoms with van der Waals surface area (Å²) in [5.41, 5.74) is -0.0530. The molecule has 0 aromatic heterocycles. The molecule has 1 N–H and O–H groups in total. The molecule has 2 saturated heterocycles. The molecule has 0 amide bonds. The second kappa shape index (κ2) is 5.71. The normalized spacial score (nSPS) is 35.2. The third-order valence-corrected chi connectivity index (χ3v) is 4.79. The van der Waals surface area contributed by atoms with E-state index in [9.17, 15) is 0 Å². The number of hydrogen-bond acceptors (Lipinski definition) is 3. The van der Waals surface area contributed by atoms with Crippen LogP contribution in [0.15, 0.2) is 0 Å². The van der Waals surface area contributed by atoms with Crippen molar-refractivity contribution in [2.24, 2.45) is 5.92 Å². The molecule has 2 aliphatic rings. The first-order chi connectivity index (χ1) is 8.84. The smallest absolute Gasteiger partial charge is 0.0677 e. The monoisotopic (exact) mass is 269 g/mol. The van der Waals surface area contributed by atoms with Gasteiger partial charge < -0.3 is 14.8 Å². The summed E-state index contributed by atoms with van der Waals surface area (Å²) in [7, 11) is 2.08. The third kappa shape index (κ3) is 3.71. The van der Waals surface area contributed by atoms with E-state index in [-0.39, 0.29) is 11.2 Å². The maximum Gasteiger partial charge on any atom is 0.0677 e. The molecule has 19 heavy (non-hydrogen) atoms. The van der Waals surface area contributed by atoms with Gasteiger partial charge in [0.25, 0.3) is 0 Å². The molecule has 0 bridgehead atoms. The maximum absolute atomic E-state index is 6.24. The molecule has 3 unspecified atom stereocenters. The van der Waals surface area contributed by atoms with Crippen LogP contribution < -0.4 is 5.32 Å². The summed E-state index contributed by atoms with van der Waals surface area (Å²) in [5, 5.41) is 3.52. The van der Waals surface area contributed by atoms with Gasteiger partial charge in [0.2, 0.25) is 0 Å². The molecule has 0 aromatic carbocycles. The lowest BCUT2D eigenvalue weighted by Gasteiger charge is -2.35. The van der Waals surface area contributed by atoms with Crippen molar-refractivity contribution in [3.8, 4) is 0 Å². The second-order valence-corrected chi connectivity index (χ2v) is 7.40. The molecule has 3 nitrogen and oxygen atoms in total. The fraction of sp³-hybridized carbons (Fsp3) is 1.00. The molecule has 3 atom stereocenters. The second-order valence-electron chi connectivity index (χ2n) is 7.40. The van der Waals surface area contributed by atoms with Gasteiger partial charge in [0, 0.05) is 18.6 Å². The maximum atomic E-state index is 6.24. The van der Waals surface area contributed by atoms with E-state index in [2.05, 4.69) is 40.1 Å². The predicted molar refractivity (Wildman–Crippen MR) is 78.4 cm³/mol. The van der Waals surface area contributed by atoms with Crippen LogP contribution in [-0.4, -0.2) is 37.0 Å². The molecule has 0 spiro atoms. The quantitative estimate of drug-likeness (QED) is 0.850. The Hall–Kier alpha value is -0.120. The van der Waals surface area contributed by atoms with Gasteiger partial charge in [-0.1, -0.05) is 0 Å². The zero-order valence-corrected chi connectivity index (χ0v) is 13.3. The van der Waals surface area contributed by atoms with Gasteiger partial charge in [-0.2, -0.15) is 0 Å². The van der Waals surface area contributed by atoms with Gasteiger partial charge in [0.05, 0.1) is 17.3 Å². The highest BCUT2D eigenvalue weighted by molar-refractivity contribution is 4.99. The van der Waals surface area contributed by atoms with Crippen LogP contribution in [0.25, 0.3) is 0 Å². The van der Waals surface area contributed by atoms with Crippen molar-refractivity contribution in [1.29, 1.82) is 0 Å². The summed E-state index contributed by atoms with van der Waals surface area (Å²) in [4.78, 5) is 0. The Morgan fingerprint density at radius 2 is 1.95 bits per heavy atom. The van der Waals surface area contributed by atoms with Crippen LogP contribution in [0.3, 0.4) is 0 Å². The third-order valence-electron chi connectivity index (χ3n) is 4.79. The lowest BCUT2D eigenvalue weighted by Crippen LogP contribution is -2.45. The first-order valence-corrected chi connectivity index (χ1v) is 7.83. The van der Waals surface area contributed by atoms with Crippen molar-refractivity contribution in [3.63, 3.8) is 0 Å². The standard InChI is InChI=1S/C16H31NO2/c1-15(2)11-13(16(3,4)19-15)14(17-5)10-12-8-6-7-9-18-12/h12-14,17H,6-11H2,1-5H3. The van der Waals surface area contributed by atoms with Crippen molar-refractivity contribution in [3.05, 3.63) is 0 Å². The number of rotatable bonds is 4. The predicted octanol–water partition coefficient (Wildman–Crippen LogP) is 3.13. The van der Waals surface area contributed by atoms with E-state index in [0.29, 0.717) is 18.1 Å². The zero-order valence-electron chi connectivity index (χ0n) is 13.3. The molecule has 2 rings (SSSR count). The molecule has 112 valence electrons. The Balaban J connectivity index is 2.00. The van der Waals surface area contributed by atoms with Crippen LogP contribution in [0.4, 0.5) is 0 Å². The average molecular weight is 269 g/mol. The highest BCUT2D eigenvalue weighted by atomic mass is 16.5. The summed E-state index contributed by atoms with van der Waals surface area (Å²) in [6.07, 6.45) is 6.44. The largest absolute Gasteiger partial charge is 0.378 e. The van der Waals surface area contributed by atoms with Crippen molar-refractivity contribution >= 4 is 0 Å². The molecule has 2 heterocycles. The summed E-state index contributed by atoms with van der Waals surface area (Å²) in [6, 6.07) is 0.486. The average Bonchev–Trinajstić information content (AvgIpc) is 2.55. The van der Waals surface area contributed by atoms with Crippen LogP contribution in [-0.2, 0) is 9.47 Å². The van der Waals surface area contributed by atoms with Crippen molar-refractivity contribution < 1.29 is 9.47 Å². The first-order valence-electron chi connectivity index (χ1n) is 7.83. The van der Waals surface area contributed by atoms with Gasteiger partial charge in [0.1, 0.15) is 0 Å². The molecule has 0 radical (unpaired) electrons. The van der Waals surface area contributed by atoms with Crippen LogP contribution in [0.2, 0.25) is 0 Å². The molecule has 2 aliphatic heterocycles. The van der Waals surface area contributed by atoms with Crippen LogP contribution >= 0.6 is 0 Å². The Bertz CT molecular complexity index is 295. The fourth-order valence-corrected chi connectivity index (χ4v) is 3.99. The molecule has 3 heteroatoms. The van der Waals surface area contributed by atoms with E-state index in [4.69, 9.17) is 9.47 Å². The fourth-order valence-electron chi connectivity index (χ4n) is 3.99. The zero-order chi connectivity index (χ0) is 14.1. The Morgan fingerprint density at radius 3 is 2.42 bits per heavy atom. The van der Waals surface area contributed by atoms with Crippen LogP contribution in [0.1, 0.15) is 59.8 Å². The van der Waals surface area contributed by atoms with Gasteiger partial charge in [-0.05, 0) is 66.8 Å². The Labute approximate surface area is 118 Å². The number of nitrogens with one attached hydrogen (secondary N) is 1. The number of hydrogen-bond donors (Lipinski definition) is 1. The van der Waals surface area contributed by atoms with E-state index in [1.54, 1.807) is 0 Å². The Morgan fingerprint density at radius 1 is 1.21 bits per heavy atom. The molecular weight excluding hydrogens is 238 g/mol. The highest BCUT2D eigenvalue weighted by Crippen LogP contribution is 2.44. The van der Waals surface area contributed by atoms with Crippen molar-refractivity contribution in [1.82, 2.24) is 5.32 Å². The minimum Gasteiger partial charge on any atom is -0.378 e. The van der Waals surface area contributed by atoms with E-state index in [1.165, 1.54) is 19.3 Å².